The number of hydrogen-bond donors (Lipinski definition) is 3. The number of nitrogens with one attached hydrogen (secondary N) is 2. The first kappa shape index (κ1) is 24.7. The van der Waals surface area contributed by atoms with Crippen LogP contribution in [0.5, 0.6) is 0 Å². The number of nitrogens with zero attached hydrogens (tertiary/aromatic N) is 2. The molecule has 4 N–H and O–H groups in total. The fraction of sp³-hybridized carbons (Fsp3) is 0.222. The molecule has 4 rings (SSSR count). The maximum atomic E-state index is 13.4. The van der Waals surface area contributed by atoms with Gasteiger partial charge in [0.25, 0.3) is 5.56 Å². The number of ether oxygens (including phenoxy) is 1. The highest BCUT2D eigenvalue weighted by Crippen LogP contribution is 2.23. The van der Waals surface area contributed by atoms with Gasteiger partial charge in [-0.2, -0.15) is 0 Å². The molecule has 4 aromatic rings. The largest absolute Gasteiger partial charge is 0.385 e. The van der Waals surface area contributed by atoms with Gasteiger partial charge < -0.3 is 20.7 Å². The molecule has 1 heterocycles. The number of carbonyl (C=O) groups excluding carboxylic acids is 1. The Balaban J connectivity index is 1.65. The van der Waals surface area contributed by atoms with Crippen LogP contribution in [0, 0.1) is 0 Å². The molecule has 0 bridgehead atoms. The fourth-order valence-corrected chi connectivity index (χ4v) is 4.14. The van der Waals surface area contributed by atoms with Crippen LogP contribution in [0.1, 0.15) is 12.0 Å². The third-order valence-corrected chi connectivity index (χ3v) is 5.92. The lowest BCUT2D eigenvalue weighted by Crippen LogP contribution is -2.44. The van der Waals surface area contributed by atoms with Gasteiger partial charge in [0.2, 0.25) is 5.91 Å². The fourth-order valence-electron chi connectivity index (χ4n) is 4.14. The minimum absolute atomic E-state index is 0.0497. The summed E-state index contributed by atoms with van der Waals surface area (Å²) in [6, 6.07) is 22.9. The Morgan fingerprint density at radius 3 is 2.53 bits per heavy atom. The summed E-state index contributed by atoms with van der Waals surface area (Å²) in [6.45, 7) is 0.671. The van der Waals surface area contributed by atoms with Crippen molar-refractivity contribution in [3.63, 3.8) is 0 Å². The number of anilines is 3. The third-order valence-electron chi connectivity index (χ3n) is 5.92. The molecule has 0 saturated heterocycles. The van der Waals surface area contributed by atoms with Gasteiger partial charge in [-0.25, -0.2) is 4.79 Å². The van der Waals surface area contributed by atoms with Crippen molar-refractivity contribution >= 4 is 33.9 Å². The second kappa shape index (κ2) is 11.4. The van der Waals surface area contributed by atoms with Crippen molar-refractivity contribution in [2.45, 2.75) is 13.0 Å². The van der Waals surface area contributed by atoms with E-state index in [0.717, 1.165) is 22.0 Å². The molecule has 9 nitrogen and oxygen atoms in total. The summed E-state index contributed by atoms with van der Waals surface area (Å²) in [5.74, 6) is -0.426. The van der Waals surface area contributed by atoms with Gasteiger partial charge in [-0.1, -0.05) is 66.7 Å². The quantitative estimate of drug-likeness (QED) is 0.296. The Hall–Kier alpha value is -4.37. The zero-order valence-corrected chi connectivity index (χ0v) is 20.1. The second-order valence-corrected chi connectivity index (χ2v) is 8.34. The molecule has 1 aromatic heterocycles. The highest BCUT2D eigenvalue weighted by Gasteiger charge is 2.24. The Labute approximate surface area is 208 Å². The summed E-state index contributed by atoms with van der Waals surface area (Å²) >= 11 is 0. The lowest BCUT2D eigenvalue weighted by atomic mass is 10.1. The van der Waals surface area contributed by atoms with Gasteiger partial charge in [-0.3, -0.25) is 19.1 Å². The highest BCUT2D eigenvalue weighted by atomic mass is 16.5. The standard InChI is InChI=1S/C27H29N5O4/c1-36-16-8-15-31(23(33)17-29-22-14-7-12-20-11-5-6-13-21(20)22)24-25(28)32(27(35)30-26(24)34)18-19-9-3-2-4-10-19/h2-7,9-14,29H,8,15-18,28H2,1H3,(H,30,34,35). The topological polar surface area (TPSA) is 122 Å². The molecule has 0 radical (unpaired) electrons. The van der Waals surface area contributed by atoms with Gasteiger partial charge in [0, 0.05) is 31.3 Å². The Kier molecular flexibility index (Phi) is 7.82. The van der Waals surface area contributed by atoms with Gasteiger partial charge in [0.1, 0.15) is 5.82 Å². The molecule has 3 aromatic carbocycles. The SMILES string of the molecule is COCCCN(C(=O)CNc1cccc2ccccc12)c1c(N)n(Cc2ccccc2)c(=O)[nH]c1=O. The molecule has 0 aliphatic carbocycles. The number of rotatable bonds is 10. The number of amides is 1. The zero-order chi connectivity index (χ0) is 25.5. The van der Waals surface area contributed by atoms with E-state index in [1.54, 1.807) is 7.11 Å². The minimum Gasteiger partial charge on any atom is -0.385 e. The van der Waals surface area contributed by atoms with E-state index in [1.165, 1.54) is 9.47 Å². The number of fused-ring (bicyclic) bond motifs is 1. The van der Waals surface area contributed by atoms with Crippen molar-refractivity contribution in [1.82, 2.24) is 9.55 Å². The number of benzene rings is 3. The van der Waals surface area contributed by atoms with E-state index in [0.29, 0.717) is 13.0 Å². The average Bonchev–Trinajstić information content (AvgIpc) is 2.89. The first-order chi connectivity index (χ1) is 17.5. The number of aromatic nitrogens is 2. The summed E-state index contributed by atoms with van der Waals surface area (Å²) < 4.78 is 6.41. The van der Waals surface area contributed by atoms with Gasteiger partial charge in [0.05, 0.1) is 13.1 Å². The number of hydrogen-bond acceptors (Lipinski definition) is 6. The van der Waals surface area contributed by atoms with Crippen LogP contribution in [-0.4, -0.2) is 42.3 Å². The summed E-state index contributed by atoms with van der Waals surface area (Å²) in [5.41, 5.74) is 6.59. The van der Waals surface area contributed by atoms with Crippen molar-refractivity contribution in [3.8, 4) is 0 Å². The van der Waals surface area contributed by atoms with Crippen LogP contribution < -0.4 is 27.2 Å². The van der Waals surface area contributed by atoms with Gasteiger partial charge in [-0.05, 0) is 23.4 Å². The predicted octanol–water partition coefficient (Wildman–Crippen LogP) is 2.80. The van der Waals surface area contributed by atoms with Gasteiger partial charge in [0.15, 0.2) is 5.69 Å². The van der Waals surface area contributed by atoms with Crippen LogP contribution in [-0.2, 0) is 16.1 Å². The minimum atomic E-state index is -0.710. The maximum Gasteiger partial charge on any atom is 0.330 e. The molecule has 0 unspecified atom stereocenters. The number of nitrogens with two attached hydrogens (primary N) is 1. The number of methoxy groups -OCH3 is 1. The van der Waals surface area contributed by atoms with Crippen LogP contribution in [0.25, 0.3) is 10.8 Å². The molecule has 0 aliphatic heterocycles. The van der Waals surface area contributed by atoms with E-state index < -0.39 is 11.2 Å². The average molecular weight is 488 g/mol. The van der Waals surface area contributed by atoms with Gasteiger partial charge >= 0.3 is 5.69 Å². The molecular formula is C27H29N5O4. The molecule has 36 heavy (non-hydrogen) atoms. The number of nitrogen functional groups attached to an aromatic ring is 1. The van der Waals surface area contributed by atoms with Crippen LogP contribution >= 0.6 is 0 Å². The van der Waals surface area contributed by atoms with E-state index in [-0.39, 0.29) is 37.0 Å². The van der Waals surface area contributed by atoms with Crippen molar-refractivity contribution in [2.24, 2.45) is 0 Å². The van der Waals surface area contributed by atoms with E-state index in [4.69, 9.17) is 10.5 Å². The van der Waals surface area contributed by atoms with E-state index in [1.807, 2.05) is 72.8 Å². The van der Waals surface area contributed by atoms with Crippen LogP contribution in [0.2, 0.25) is 0 Å². The van der Waals surface area contributed by atoms with E-state index in [9.17, 15) is 14.4 Å². The van der Waals surface area contributed by atoms with Crippen LogP contribution in [0.4, 0.5) is 17.2 Å². The second-order valence-electron chi connectivity index (χ2n) is 8.34. The zero-order valence-electron chi connectivity index (χ0n) is 20.1. The van der Waals surface area contributed by atoms with E-state index >= 15 is 0 Å². The third kappa shape index (κ3) is 5.47. The normalized spacial score (nSPS) is 10.9. The van der Waals surface area contributed by atoms with E-state index in [2.05, 4.69) is 10.3 Å². The van der Waals surface area contributed by atoms with Crippen molar-refractivity contribution in [2.75, 3.05) is 42.8 Å². The summed E-state index contributed by atoms with van der Waals surface area (Å²) in [7, 11) is 1.56. The molecule has 0 fully saturated rings. The molecule has 0 atom stereocenters. The molecule has 186 valence electrons. The summed E-state index contributed by atoms with van der Waals surface area (Å²) in [6.07, 6.45) is 0.479. The molecule has 0 aliphatic rings. The Morgan fingerprint density at radius 2 is 1.75 bits per heavy atom. The van der Waals surface area contributed by atoms with Crippen molar-refractivity contribution in [1.29, 1.82) is 0 Å². The summed E-state index contributed by atoms with van der Waals surface area (Å²) in [4.78, 5) is 42.6. The Bertz CT molecular complexity index is 1460. The maximum absolute atomic E-state index is 13.4. The van der Waals surface area contributed by atoms with Crippen LogP contribution in [0.3, 0.4) is 0 Å². The molecule has 0 saturated carbocycles. The lowest BCUT2D eigenvalue weighted by molar-refractivity contribution is -0.117. The molecule has 9 heteroatoms. The number of carbonyl (C=O) groups is 1. The van der Waals surface area contributed by atoms with Crippen molar-refractivity contribution in [3.05, 3.63) is 99.2 Å². The summed E-state index contributed by atoms with van der Waals surface area (Å²) in [5, 5.41) is 5.21. The smallest absolute Gasteiger partial charge is 0.330 e. The number of H-pyrrole nitrogens is 1. The molecular weight excluding hydrogens is 458 g/mol. The monoisotopic (exact) mass is 487 g/mol. The molecule has 1 amide bonds. The first-order valence-electron chi connectivity index (χ1n) is 11.7. The first-order valence-corrected chi connectivity index (χ1v) is 11.7. The van der Waals surface area contributed by atoms with Crippen molar-refractivity contribution < 1.29 is 9.53 Å². The Morgan fingerprint density at radius 1 is 1.03 bits per heavy atom. The predicted molar refractivity (Wildman–Crippen MR) is 143 cm³/mol. The molecule has 0 spiro atoms. The van der Waals surface area contributed by atoms with Crippen LogP contribution in [0.15, 0.2) is 82.4 Å². The van der Waals surface area contributed by atoms with Gasteiger partial charge in [-0.15, -0.1) is 0 Å². The highest BCUT2D eigenvalue weighted by molar-refractivity contribution is 6.00. The number of aromatic amines is 1. The lowest BCUT2D eigenvalue weighted by Gasteiger charge is -2.25.